The topological polar surface area (TPSA) is 91.0 Å². The van der Waals surface area contributed by atoms with Crippen molar-refractivity contribution < 1.29 is 13.3 Å². The predicted molar refractivity (Wildman–Crippen MR) is 120 cm³/mol. The Balaban J connectivity index is 2.01. The van der Waals surface area contributed by atoms with Gasteiger partial charge in [0.15, 0.2) is 17.4 Å². The molecule has 0 amide bonds. The first-order valence-electron chi connectivity index (χ1n) is 10.2. The van der Waals surface area contributed by atoms with Crippen LogP contribution in [0.25, 0.3) is 22.3 Å². The lowest BCUT2D eigenvalue weighted by Crippen LogP contribution is -2.17. The fourth-order valence-electron chi connectivity index (χ4n) is 3.30. The summed E-state index contributed by atoms with van der Waals surface area (Å²) in [7, 11) is 0. The summed E-state index contributed by atoms with van der Waals surface area (Å²) in [5.41, 5.74) is 15.4. The third kappa shape index (κ3) is 4.72. The first-order chi connectivity index (χ1) is 14.9. The average molecular weight is 424 g/mol. The summed E-state index contributed by atoms with van der Waals surface area (Å²) in [6.07, 6.45) is 7.57. The maximum Gasteiger partial charge on any atom is 0.174 e. The monoisotopic (exact) mass is 424 g/mol. The van der Waals surface area contributed by atoms with Crippen LogP contribution in [0.15, 0.2) is 53.8 Å². The summed E-state index contributed by atoms with van der Waals surface area (Å²) in [5, 5.41) is 3.77. The van der Waals surface area contributed by atoms with Crippen molar-refractivity contribution in [2.75, 3.05) is 5.73 Å². The predicted octanol–water partition coefficient (Wildman–Crippen LogP) is 5.58. The highest BCUT2D eigenvalue weighted by molar-refractivity contribution is 5.88. The molecule has 0 fully saturated rings. The molecular weight excluding hydrogens is 398 g/mol. The fourth-order valence-corrected chi connectivity index (χ4v) is 3.30. The molecule has 0 bridgehead atoms. The van der Waals surface area contributed by atoms with Crippen LogP contribution in [-0.4, -0.2) is 16.2 Å². The molecule has 2 heterocycles. The Labute approximate surface area is 180 Å². The van der Waals surface area contributed by atoms with Crippen molar-refractivity contribution >= 4 is 17.0 Å². The number of nitrogens with zero attached hydrogens (tertiary/aromatic N) is 2. The van der Waals surface area contributed by atoms with Crippen LogP contribution in [0, 0.1) is 11.6 Å². The van der Waals surface area contributed by atoms with E-state index in [1.807, 2.05) is 13.0 Å². The third-order valence-electron chi connectivity index (χ3n) is 5.27. The van der Waals surface area contributed by atoms with Crippen LogP contribution in [0.5, 0.6) is 0 Å². The van der Waals surface area contributed by atoms with Gasteiger partial charge < -0.3 is 16.0 Å². The van der Waals surface area contributed by atoms with E-state index in [4.69, 9.17) is 16.0 Å². The zero-order chi connectivity index (χ0) is 22.5. The lowest BCUT2D eigenvalue weighted by Gasteiger charge is -2.13. The Kier molecular flexibility index (Phi) is 6.97. The number of benzene rings is 1. The van der Waals surface area contributed by atoms with Crippen LogP contribution < -0.4 is 11.5 Å². The van der Waals surface area contributed by atoms with E-state index in [1.54, 1.807) is 6.20 Å². The Morgan fingerprint density at radius 2 is 2.00 bits per heavy atom. The highest BCUT2D eigenvalue weighted by atomic mass is 19.2. The zero-order valence-electron chi connectivity index (χ0n) is 17.7. The molecule has 0 spiro atoms. The summed E-state index contributed by atoms with van der Waals surface area (Å²) in [4.78, 5) is 4.31. The number of rotatable bonds is 8. The molecule has 0 aliphatic heterocycles. The van der Waals surface area contributed by atoms with Crippen LogP contribution >= 0.6 is 0 Å². The molecule has 1 atom stereocenters. The van der Waals surface area contributed by atoms with Crippen LogP contribution in [0.1, 0.15) is 50.0 Å². The highest BCUT2D eigenvalue weighted by Crippen LogP contribution is 2.36. The summed E-state index contributed by atoms with van der Waals surface area (Å²) < 4.78 is 33.4. The number of pyridine rings is 1. The molecule has 4 N–H and O–H groups in total. The quantitative estimate of drug-likeness (QED) is 0.493. The lowest BCUT2D eigenvalue weighted by molar-refractivity contribution is 0.411. The van der Waals surface area contributed by atoms with E-state index in [9.17, 15) is 8.78 Å². The Morgan fingerprint density at radius 1 is 1.23 bits per heavy atom. The molecule has 0 radical (unpaired) electrons. The van der Waals surface area contributed by atoms with Crippen LogP contribution in [0.2, 0.25) is 0 Å². The number of nitrogens with two attached hydrogens (primary N) is 2. The number of aromatic nitrogens is 2. The van der Waals surface area contributed by atoms with Gasteiger partial charge in [0.25, 0.3) is 0 Å². The van der Waals surface area contributed by atoms with Crippen molar-refractivity contribution in [3.05, 3.63) is 77.8 Å². The minimum Gasteiger partial charge on any atom is -0.383 e. The smallest absolute Gasteiger partial charge is 0.174 e. The second-order valence-electron chi connectivity index (χ2n) is 7.29. The van der Waals surface area contributed by atoms with E-state index in [0.29, 0.717) is 11.1 Å². The number of halogens is 2. The number of hydrogen-bond donors (Lipinski definition) is 2. The highest BCUT2D eigenvalue weighted by Gasteiger charge is 2.21. The minimum absolute atomic E-state index is 0.0304. The van der Waals surface area contributed by atoms with Gasteiger partial charge >= 0.3 is 0 Å². The van der Waals surface area contributed by atoms with Gasteiger partial charge in [-0.2, -0.15) is 0 Å². The van der Waals surface area contributed by atoms with Crippen molar-refractivity contribution in [1.29, 1.82) is 0 Å². The standard InChI is InChI=1S/C24H26F2N4O/c1-4-15(9-10-17(27)5-2)16-11-19(24(28)29-12-16)14(3)23-20(13-30-31-23)18-7-6-8-21(25)22(18)26/h6-9,11-13,17H,3-5,10,27H2,1-2H3,(H2,28,29)/b15-9+. The molecule has 2 aromatic heterocycles. The van der Waals surface area contributed by atoms with E-state index in [1.165, 1.54) is 18.3 Å². The molecule has 0 saturated heterocycles. The van der Waals surface area contributed by atoms with Crippen molar-refractivity contribution in [1.82, 2.24) is 10.1 Å². The maximum atomic E-state index is 14.4. The molecule has 1 aromatic carbocycles. The zero-order valence-corrected chi connectivity index (χ0v) is 17.7. The minimum atomic E-state index is -0.983. The van der Waals surface area contributed by atoms with Gasteiger partial charge in [-0.3, -0.25) is 0 Å². The lowest BCUT2D eigenvalue weighted by atomic mass is 9.95. The molecule has 31 heavy (non-hydrogen) atoms. The first kappa shape index (κ1) is 22.4. The molecule has 0 saturated carbocycles. The van der Waals surface area contributed by atoms with Crippen molar-refractivity contribution in [3.63, 3.8) is 0 Å². The molecule has 0 aliphatic carbocycles. The SMILES string of the molecule is C=C(c1cc(/C(=C/CC(N)CC)CC)cnc1N)c1oncc1-c1cccc(F)c1F. The Morgan fingerprint density at radius 3 is 2.71 bits per heavy atom. The summed E-state index contributed by atoms with van der Waals surface area (Å²) >= 11 is 0. The molecule has 162 valence electrons. The van der Waals surface area contributed by atoms with Gasteiger partial charge in [-0.05, 0) is 42.5 Å². The second kappa shape index (κ2) is 9.66. The molecule has 5 nitrogen and oxygen atoms in total. The normalized spacial score (nSPS) is 12.7. The van der Waals surface area contributed by atoms with E-state index in [-0.39, 0.29) is 28.7 Å². The largest absolute Gasteiger partial charge is 0.383 e. The third-order valence-corrected chi connectivity index (χ3v) is 5.27. The van der Waals surface area contributed by atoms with E-state index in [0.717, 1.165) is 36.5 Å². The van der Waals surface area contributed by atoms with Gasteiger partial charge in [-0.15, -0.1) is 0 Å². The molecule has 1 unspecified atom stereocenters. The molecule has 3 aromatic rings. The van der Waals surface area contributed by atoms with Gasteiger partial charge in [0.2, 0.25) is 0 Å². The second-order valence-corrected chi connectivity index (χ2v) is 7.29. The number of nitrogen functional groups attached to an aromatic ring is 1. The van der Waals surface area contributed by atoms with E-state index >= 15 is 0 Å². The van der Waals surface area contributed by atoms with Crippen LogP contribution in [0.4, 0.5) is 14.6 Å². The van der Waals surface area contributed by atoms with Crippen molar-refractivity contribution in [3.8, 4) is 11.1 Å². The summed E-state index contributed by atoms with van der Waals surface area (Å²) in [5.74, 6) is -1.49. The number of allylic oxidation sites excluding steroid dienone is 1. The average Bonchev–Trinajstić information content (AvgIpc) is 3.26. The fraction of sp³-hybridized carbons (Fsp3) is 0.250. The van der Waals surface area contributed by atoms with Gasteiger partial charge in [0.1, 0.15) is 5.82 Å². The Bertz CT molecular complexity index is 1120. The van der Waals surface area contributed by atoms with Gasteiger partial charge in [0, 0.05) is 28.9 Å². The van der Waals surface area contributed by atoms with E-state index < -0.39 is 11.6 Å². The van der Waals surface area contributed by atoms with Gasteiger partial charge in [0.05, 0.1) is 11.8 Å². The van der Waals surface area contributed by atoms with Crippen LogP contribution in [0.3, 0.4) is 0 Å². The number of anilines is 1. The molecule has 0 aliphatic rings. The van der Waals surface area contributed by atoms with Gasteiger partial charge in [-0.1, -0.05) is 43.8 Å². The molecule has 7 heteroatoms. The Hall–Kier alpha value is -3.32. The molecular formula is C24H26F2N4O. The summed E-state index contributed by atoms with van der Waals surface area (Å²) in [6.45, 7) is 8.17. The maximum absolute atomic E-state index is 14.4. The van der Waals surface area contributed by atoms with Gasteiger partial charge in [-0.25, -0.2) is 13.8 Å². The first-order valence-corrected chi connectivity index (χ1v) is 10.2. The summed E-state index contributed by atoms with van der Waals surface area (Å²) in [6, 6.07) is 5.88. The molecule has 3 rings (SSSR count). The number of hydrogen-bond acceptors (Lipinski definition) is 5. The van der Waals surface area contributed by atoms with E-state index in [2.05, 4.69) is 29.7 Å². The van der Waals surface area contributed by atoms with Crippen molar-refractivity contribution in [2.24, 2.45) is 5.73 Å². The van der Waals surface area contributed by atoms with Crippen LogP contribution in [-0.2, 0) is 0 Å². The van der Waals surface area contributed by atoms with Crippen molar-refractivity contribution in [2.45, 2.75) is 39.2 Å².